The van der Waals surface area contributed by atoms with Gasteiger partial charge in [0.2, 0.25) is 0 Å². The molecule has 0 atom stereocenters. The van der Waals surface area contributed by atoms with Crippen molar-refractivity contribution in [2.45, 2.75) is 40.0 Å². The lowest BCUT2D eigenvalue weighted by molar-refractivity contribution is 0.102. The topological polar surface area (TPSA) is 33.2 Å². The summed E-state index contributed by atoms with van der Waals surface area (Å²) in [6.45, 7) is 7.98. The molecule has 0 amide bonds. The van der Waals surface area contributed by atoms with E-state index in [1.807, 2.05) is 6.92 Å². The lowest BCUT2D eigenvalue weighted by Crippen LogP contribution is -2.33. The molecule has 94 valence electrons. The first-order valence-electron chi connectivity index (χ1n) is 6.35. The highest BCUT2D eigenvalue weighted by Gasteiger charge is 2.21. The first kappa shape index (κ1) is 12.6. The number of carbonyl (C=O) groups excluding carboxylic acids is 1. The Morgan fingerprint density at radius 3 is 2.59 bits per heavy atom. The first-order valence-corrected chi connectivity index (χ1v) is 7.16. The zero-order valence-electron chi connectivity index (χ0n) is 10.8. The molecule has 2 heterocycles. The molecule has 0 radical (unpaired) electrons. The van der Waals surface area contributed by atoms with Crippen LogP contribution < -0.4 is 4.90 Å². The molecule has 0 bridgehead atoms. The van der Waals surface area contributed by atoms with Crippen molar-refractivity contribution in [1.29, 1.82) is 0 Å². The summed E-state index contributed by atoms with van der Waals surface area (Å²) >= 11 is 1.55. The number of carbonyl (C=O) groups is 1. The summed E-state index contributed by atoms with van der Waals surface area (Å²) in [5.41, 5.74) is 0.884. The van der Waals surface area contributed by atoms with Crippen LogP contribution in [0, 0.1) is 12.8 Å². The van der Waals surface area contributed by atoms with Gasteiger partial charge in [0.1, 0.15) is 0 Å². The van der Waals surface area contributed by atoms with Gasteiger partial charge in [-0.1, -0.05) is 24.7 Å². The van der Waals surface area contributed by atoms with Crippen LogP contribution in [-0.4, -0.2) is 23.9 Å². The van der Waals surface area contributed by atoms with Crippen LogP contribution in [0.15, 0.2) is 0 Å². The molecule has 1 fully saturated rings. The molecule has 0 N–H and O–H groups in total. The largest absolute Gasteiger partial charge is 0.348 e. The molecule has 0 saturated carbocycles. The average molecular weight is 252 g/mol. The Balaban J connectivity index is 2.08. The standard InChI is InChI=1S/C13H20N2OS/c1-4-11-5-7-15(8-6-11)13-14-9(2)12(17-13)10(3)16/h11H,4-8H2,1-3H3. The number of nitrogens with zero attached hydrogens (tertiary/aromatic N) is 2. The lowest BCUT2D eigenvalue weighted by Gasteiger charge is -2.31. The summed E-state index contributed by atoms with van der Waals surface area (Å²) in [5.74, 6) is 1.01. The Kier molecular flexibility index (Phi) is 3.82. The van der Waals surface area contributed by atoms with E-state index in [9.17, 15) is 4.79 Å². The Labute approximate surface area is 107 Å². The predicted octanol–water partition coefficient (Wildman–Crippen LogP) is 3.28. The third kappa shape index (κ3) is 2.68. The minimum absolute atomic E-state index is 0.134. The van der Waals surface area contributed by atoms with Crippen molar-refractivity contribution in [2.24, 2.45) is 5.92 Å². The number of rotatable bonds is 3. The highest BCUT2D eigenvalue weighted by molar-refractivity contribution is 7.17. The van der Waals surface area contributed by atoms with Crippen LogP contribution in [0.25, 0.3) is 0 Å². The van der Waals surface area contributed by atoms with Crippen LogP contribution in [0.3, 0.4) is 0 Å². The van der Waals surface area contributed by atoms with Crippen LogP contribution in [0.5, 0.6) is 0 Å². The van der Waals surface area contributed by atoms with Gasteiger partial charge in [-0.2, -0.15) is 0 Å². The van der Waals surface area contributed by atoms with Crippen molar-refractivity contribution in [3.63, 3.8) is 0 Å². The van der Waals surface area contributed by atoms with Crippen molar-refractivity contribution in [3.8, 4) is 0 Å². The minimum Gasteiger partial charge on any atom is -0.348 e. The zero-order chi connectivity index (χ0) is 12.4. The second kappa shape index (κ2) is 5.17. The van der Waals surface area contributed by atoms with E-state index in [1.54, 1.807) is 18.3 Å². The number of anilines is 1. The number of thiazole rings is 1. The number of Topliss-reactive ketones (excluding diaryl/α,β-unsaturated/α-hetero) is 1. The van der Waals surface area contributed by atoms with Gasteiger partial charge >= 0.3 is 0 Å². The summed E-state index contributed by atoms with van der Waals surface area (Å²) < 4.78 is 0. The summed E-state index contributed by atoms with van der Waals surface area (Å²) in [7, 11) is 0. The van der Waals surface area contributed by atoms with Gasteiger partial charge in [-0.3, -0.25) is 4.79 Å². The highest BCUT2D eigenvalue weighted by Crippen LogP contribution is 2.30. The Morgan fingerprint density at radius 1 is 1.47 bits per heavy atom. The van der Waals surface area contributed by atoms with E-state index < -0.39 is 0 Å². The van der Waals surface area contributed by atoms with Gasteiger partial charge in [0.05, 0.1) is 10.6 Å². The van der Waals surface area contributed by atoms with Crippen molar-refractivity contribution >= 4 is 22.3 Å². The summed E-state index contributed by atoms with van der Waals surface area (Å²) in [6, 6.07) is 0. The van der Waals surface area contributed by atoms with Crippen molar-refractivity contribution in [2.75, 3.05) is 18.0 Å². The molecular formula is C13H20N2OS. The molecular weight excluding hydrogens is 232 g/mol. The quantitative estimate of drug-likeness (QED) is 0.774. The van der Waals surface area contributed by atoms with E-state index in [-0.39, 0.29) is 5.78 Å². The number of piperidine rings is 1. The number of ketones is 1. The van der Waals surface area contributed by atoms with E-state index in [1.165, 1.54) is 19.3 Å². The van der Waals surface area contributed by atoms with Gasteiger partial charge in [-0.25, -0.2) is 4.98 Å². The van der Waals surface area contributed by atoms with Gasteiger partial charge in [0.15, 0.2) is 10.9 Å². The third-order valence-electron chi connectivity index (χ3n) is 3.57. The highest BCUT2D eigenvalue weighted by atomic mass is 32.1. The SMILES string of the molecule is CCC1CCN(c2nc(C)c(C(C)=O)s2)CC1. The summed E-state index contributed by atoms with van der Waals surface area (Å²) in [6.07, 6.45) is 3.79. The lowest BCUT2D eigenvalue weighted by atomic mass is 9.95. The molecule has 0 aromatic carbocycles. The maximum atomic E-state index is 11.4. The molecule has 4 heteroatoms. The number of hydrogen-bond donors (Lipinski definition) is 0. The van der Waals surface area contributed by atoms with E-state index in [0.29, 0.717) is 0 Å². The Bertz CT molecular complexity index is 406. The van der Waals surface area contributed by atoms with Gasteiger partial charge in [-0.05, 0) is 25.7 Å². The van der Waals surface area contributed by atoms with Crippen LogP contribution in [-0.2, 0) is 0 Å². The molecule has 2 rings (SSSR count). The molecule has 1 aromatic rings. The smallest absolute Gasteiger partial charge is 0.186 e. The Morgan fingerprint density at radius 2 is 2.12 bits per heavy atom. The summed E-state index contributed by atoms with van der Waals surface area (Å²) in [5, 5.41) is 1.03. The molecule has 1 aromatic heterocycles. The fourth-order valence-electron chi connectivity index (χ4n) is 2.38. The molecule has 3 nitrogen and oxygen atoms in total. The fraction of sp³-hybridized carbons (Fsp3) is 0.692. The predicted molar refractivity (Wildman–Crippen MR) is 72.1 cm³/mol. The van der Waals surface area contributed by atoms with Gasteiger partial charge in [-0.15, -0.1) is 0 Å². The second-order valence-electron chi connectivity index (χ2n) is 4.81. The monoisotopic (exact) mass is 252 g/mol. The van der Waals surface area contributed by atoms with E-state index >= 15 is 0 Å². The molecule has 0 spiro atoms. The van der Waals surface area contributed by atoms with Crippen LogP contribution in [0.2, 0.25) is 0 Å². The van der Waals surface area contributed by atoms with Gasteiger partial charge in [0.25, 0.3) is 0 Å². The van der Waals surface area contributed by atoms with Crippen molar-refractivity contribution < 1.29 is 4.79 Å². The maximum Gasteiger partial charge on any atom is 0.186 e. The molecule has 1 saturated heterocycles. The third-order valence-corrected chi connectivity index (χ3v) is 4.89. The zero-order valence-corrected chi connectivity index (χ0v) is 11.6. The maximum absolute atomic E-state index is 11.4. The average Bonchev–Trinajstić information content (AvgIpc) is 2.71. The second-order valence-corrected chi connectivity index (χ2v) is 5.78. The fourth-order valence-corrected chi connectivity index (χ4v) is 3.39. The number of hydrogen-bond acceptors (Lipinski definition) is 4. The summed E-state index contributed by atoms with van der Waals surface area (Å²) in [4.78, 5) is 19.1. The van der Waals surface area contributed by atoms with E-state index in [4.69, 9.17) is 0 Å². The van der Waals surface area contributed by atoms with E-state index in [2.05, 4.69) is 16.8 Å². The number of aryl methyl sites for hydroxylation is 1. The first-order chi connectivity index (χ1) is 8.11. The molecule has 17 heavy (non-hydrogen) atoms. The molecule has 0 aliphatic carbocycles. The van der Waals surface area contributed by atoms with Gasteiger partial charge < -0.3 is 4.90 Å². The normalized spacial score (nSPS) is 17.5. The van der Waals surface area contributed by atoms with Crippen LogP contribution in [0.4, 0.5) is 5.13 Å². The number of aromatic nitrogens is 1. The molecule has 0 unspecified atom stereocenters. The van der Waals surface area contributed by atoms with Crippen molar-refractivity contribution in [3.05, 3.63) is 10.6 Å². The molecule has 1 aliphatic heterocycles. The Hall–Kier alpha value is -0.900. The molecule has 1 aliphatic rings. The van der Waals surface area contributed by atoms with Gasteiger partial charge in [0, 0.05) is 20.0 Å². The van der Waals surface area contributed by atoms with Crippen LogP contribution >= 0.6 is 11.3 Å². The van der Waals surface area contributed by atoms with E-state index in [0.717, 1.165) is 34.7 Å². The minimum atomic E-state index is 0.134. The van der Waals surface area contributed by atoms with Crippen molar-refractivity contribution in [1.82, 2.24) is 4.98 Å². The van der Waals surface area contributed by atoms with Crippen LogP contribution in [0.1, 0.15) is 48.5 Å².